The normalized spacial score (nSPS) is 20.5. The molecule has 0 radical (unpaired) electrons. The van der Waals surface area contributed by atoms with E-state index in [2.05, 4.69) is 0 Å². The molecule has 1 aromatic carbocycles. The Bertz CT molecular complexity index is 364. The van der Waals surface area contributed by atoms with Crippen LogP contribution in [0.5, 0.6) is 0 Å². The predicted molar refractivity (Wildman–Crippen MR) is 73.8 cm³/mol. The van der Waals surface area contributed by atoms with Gasteiger partial charge in [0.15, 0.2) is 4.58 Å². The second-order valence-electron chi connectivity index (χ2n) is 4.21. The maximum Gasteiger partial charge on any atom is 0.192 e. The van der Waals surface area contributed by atoms with E-state index in [-0.39, 0.29) is 21.8 Å². The van der Waals surface area contributed by atoms with Crippen LogP contribution >= 0.6 is 11.8 Å². The van der Waals surface area contributed by atoms with Gasteiger partial charge in [-0.05, 0) is 35.9 Å². The van der Waals surface area contributed by atoms with Gasteiger partial charge >= 0.3 is 0 Å². The molecule has 1 aliphatic rings. The van der Waals surface area contributed by atoms with E-state index in [1.165, 1.54) is 12.1 Å². The maximum absolute atomic E-state index is 14.0. The zero-order chi connectivity index (χ0) is 12.3. The largest absolute Gasteiger partial charge is 0.206 e. The highest BCUT2D eigenvalue weighted by atomic mass is 32.2. The maximum atomic E-state index is 14.0. The van der Waals surface area contributed by atoms with Crippen LogP contribution in [0.25, 0.3) is 0 Å². The van der Waals surface area contributed by atoms with Crippen molar-refractivity contribution in [3.63, 3.8) is 0 Å². The number of benzene rings is 1. The van der Waals surface area contributed by atoms with Gasteiger partial charge in [-0.3, -0.25) is 0 Å². The Morgan fingerprint density at radius 2 is 2.06 bits per heavy atom. The second kappa shape index (κ2) is 6.10. The number of aryl methyl sites for hydroxylation is 1. The van der Waals surface area contributed by atoms with E-state index in [0.717, 1.165) is 48.1 Å². The summed E-state index contributed by atoms with van der Waals surface area (Å²) in [4.78, 5) is 0. The van der Waals surface area contributed by atoms with Crippen molar-refractivity contribution >= 4 is 23.5 Å². The van der Waals surface area contributed by atoms with Crippen LogP contribution in [0.15, 0.2) is 12.1 Å². The van der Waals surface area contributed by atoms with E-state index >= 15 is 0 Å². The average molecular weight is 275 g/mol. The molecule has 0 N–H and O–H groups in total. The average Bonchev–Trinajstić information content (AvgIpc) is 2.30. The molecule has 1 atom stereocenters. The lowest BCUT2D eigenvalue weighted by Gasteiger charge is -2.16. The van der Waals surface area contributed by atoms with Gasteiger partial charge in [0.05, 0.1) is 5.56 Å². The standard InChI is InChI=1S/C13H16F2S2/c1-2-4-9-7-10(14)12(11(15)8-9)13-16-5-3-6-17-13/h7-8,13H,2-6H2,1H3/p+1. The van der Waals surface area contributed by atoms with Gasteiger partial charge in [0.25, 0.3) is 0 Å². The van der Waals surface area contributed by atoms with E-state index in [0.29, 0.717) is 0 Å². The summed E-state index contributed by atoms with van der Waals surface area (Å²) >= 11 is 2.82. The van der Waals surface area contributed by atoms with Crippen LogP contribution in [0.4, 0.5) is 8.78 Å². The van der Waals surface area contributed by atoms with Crippen LogP contribution in [-0.2, 0) is 18.2 Å². The predicted octanol–water partition coefficient (Wildman–Crippen LogP) is 3.87. The molecule has 17 heavy (non-hydrogen) atoms. The number of hydrogen-bond acceptors (Lipinski definition) is 1. The third-order valence-corrected chi connectivity index (χ3v) is 5.93. The van der Waals surface area contributed by atoms with E-state index in [1.807, 2.05) is 6.92 Å². The minimum Gasteiger partial charge on any atom is -0.206 e. The molecule has 0 aliphatic carbocycles. The lowest BCUT2D eigenvalue weighted by Crippen LogP contribution is -2.12. The fourth-order valence-corrected chi connectivity index (χ4v) is 5.20. The fourth-order valence-electron chi connectivity index (χ4n) is 2.00. The summed E-state index contributed by atoms with van der Waals surface area (Å²) in [6, 6.07) is 3.01. The molecule has 0 bridgehead atoms. The molecule has 1 fully saturated rings. The SMILES string of the molecule is CCCc1cc(F)c(C2SCCC[SH+]2)c(F)c1. The van der Waals surface area contributed by atoms with E-state index in [1.54, 1.807) is 11.8 Å². The van der Waals surface area contributed by atoms with Crippen molar-refractivity contribution in [2.75, 3.05) is 11.5 Å². The van der Waals surface area contributed by atoms with E-state index < -0.39 is 0 Å². The Morgan fingerprint density at radius 3 is 2.59 bits per heavy atom. The monoisotopic (exact) mass is 275 g/mol. The molecule has 94 valence electrons. The van der Waals surface area contributed by atoms with Gasteiger partial charge < -0.3 is 0 Å². The van der Waals surface area contributed by atoms with Crippen molar-refractivity contribution in [3.05, 3.63) is 34.9 Å². The van der Waals surface area contributed by atoms with Crippen LogP contribution in [0.1, 0.15) is 35.5 Å². The van der Waals surface area contributed by atoms with Gasteiger partial charge in [0.1, 0.15) is 17.4 Å². The fraction of sp³-hybridized carbons (Fsp3) is 0.538. The van der Waals surface area contributed by atoms with Crippen molar-refractivity contribution in [2.24, 2.45) is 0 Å². The summed E-state index contributed by atoms with van der Waals surface area (Å²) < 4.78 is 27.9. The molecule has 0 nitrogen and oxygen atoms in total. The molecule has 1 heterocycles. The van der Waals surface area contributed by atoms with Crippen LogP contribution in [0, 0.1) is 11.6 Å². The lowest BCUT2D eigenvalue weighted by atomic mass is 10.1. The summed E-state index contributed by atoms with van der Waals surface area (Å²) in [5.74, 6) is 1.33. The van der Waals surface area contributed by atoms with Crippen molar-refractivity contribution < 1.29 is 8.78 Å². The quantitative estimate of drug-likeness (QED) is 0.596. The van der Waals surface area contributed by atoms with Crippen LogP contribution in [-0.4, -0.2) is 11.5 Å². The number of thiol groups is 1. The molecule has 1 aliphatic heterocycles. The van der Waals surface area contributed by atoms with Gasteiger partial charge in [-0.15, -0.1) is 11.8 Å². The van der Waals surface area contributed by atoms with Crippen molar-refractivity contribution in [2.45, 2.75) is 30.8 Å². The second-order valence-corrected chi connectivity index (χ2v) is 7.10. The Balaban J connectivity index is 2.27. The molecule has 1 saturated heterocycles. The van der Waals surface area contributed by atoms with Gasteiger partial charge in [0, 0.05) is 12.2 Å². The third-order valence-electron chi connectivity index (χ3n) is 2.80. The highest BCUT2D eigenvalue weighted by Crippen LogP contribution is 2.37. The topological polar surface area (TPSA) is 0 Å². The lowest BCUT2D eigenvalue weighted by molar-refractivity contribution is 0.561. The van der Waals surface area contributed by atoms with Crippen molar-refractivity contribution in [1.82, 2.24) is 0 Å². The molecule has 0 spiro atoms. The molecule has 4 heteroatoms. The smallest absolute Gasteiger partial charge is 0.192 e. The summed E-state index contributed by atoms with van der Waals surface area (Å²) in [5.41, 5.74) is 1.06. The first kappa shape index (κ1) is 13.2. The molecule has 0 saturated carbocycles. The highest BCUT2D eigenvalue weighted by Gasteiger charge is 2.29. The minimum atomic E-state index is -0.361. The van der Waals surface area contributed by atoms with Crippen LogP contribution in [0.2, 0.25) is 0 Å². The van der Waals surface area contributed by atoms with Crippen molar-refractivity contribution in [1.29, 1.82) is 0 Å². The zero-order valence-corrected chi connectivity index (χ0v) is 11.6. The van der Waals surface area contributed by atoms with Gasteiger partial charge in [0.2, 0.25) is 0 Å². The Hall–Kier alpha value is -0.220. The number of rotatable bonds is 3. The van der Waals surface area contributed by atoms with Gasteiger partial charge in [-0.25, -0.2) is 8.78 Å². The minimum absolute atomic E-state index is 0.0144. The molecular formula is C13H17F2S2+. The van der Waals surface area contributed by atoms with Crippen molar-refractivity contribution in [3.8, 4) is 0 Å². The zero-order valence-electron chi connectivity index (χ0n) is 9.88. The first-order chi connectivity index (χ1) is 8.22. The molecule has 1 aromatic rings. The summed E-state index contributed by atoms with van der Waals surface area (Å²) in [6.07, 6.45) is 2.80. The Morgan fingerprint density at radius 1 is 1.35 bits per heavy atom. The number of thioether (sulfide) groups is 1. The van der Waals surface area contributed by atoms with Crippen LogP contribution in [0.3, 0.4) is 0 Å². The number of halogens is 2. The Labute approximate surface area is 110 Å². The third kappa shape index (κ3) is 3.16. The molecular weight excluding hydrogens is 258 g/mol. The van der Waals surface area contributed by atoms with E-state index in [4.69, 9.17) is 0 Å². The van der Waals surface area contributed by atoms with Gasteiger partial charge in [-0.2, -0.15) is 0 Å². The van der Waals surface area contributed by atoms with Gasteiger partial charge in [-0.1, -0.05) is 13.3 Å². The first-order valence-electron chi connectivity index (χ1n) is 5.98. The first-order valence-corrected chi connectivity index (χ1v) is 8.18. The summed E-state index contributed by atoms with van der Waals surface area (Å²) in [5, 5.41) is 0. The Kier molecular flexibility index (Phi) is 4.74. The molecule has 0 aromatic heterocycles. The number of hydrogen-bond donors (Lipinski definition) is 0. The highest BCUT2D eigenvalue weighted by molar-refractivity contribution is 8.09. The van der Waals surface area contributed by atoms with Crippen LogP contribution < -0.4 is 0 Å². The summed E-state index contributed by atoms with van der Waals surface area (Å²) in [7, 11) is 0. The molecule has 2 rings (SSSR count). The molecule has 0 amide bonds. The molecule has 1 unspecified atom stereocenters. The summed E-state index contributed by atoms with van der Waals surface area (Å²) in [6.45, 7) is 2.01. The van der Waals surface area contributed by atoms with E-state index in [9.17, 15) is 8.78 Å².